The summed E-state index contributed by atoms with van der Waals surface area (Å²) < 4.78 is 12.7. The standard InChI is InChI=1S/C14H31N8O3P/c1-2-5-20-12(24)14(18,7-9(15)8-21-13(16)17)22-26(25)10-4-3-6-19-11(10)23/h9-10,26H,2-8,15,18H2,1H3,(H,19,23)(H,20,24)(H,22,25)(H4,16,17,21)/t9?,10-,14?/m0/s1. The highest BCUT2D eigenvalue weighted by Crippen LogP contribution is 2.32. The van der Waals surface area contributed by atoms with Crippen molar-refractivity contribution < 1.29 is 14.2 Å². The average Bonchev–Trinajstić information content (AvgIpc) is 2.57. The van der Waals surface area contributed by atoms with E-state index in [9.17, 15) is 14.2 Å². The van der Waals surface area contributed by atoms with Crippen LogP contribution in [0.5, 0.6) is 0 Å². The summed E-state index contributed by atoms with van der Waals surface area (Å²) in [7, 11) is -2.68. The number of hydrogen-bond acceptors (Lipinski definition) is 6. The van der Waals surface area contributed by atoms with Gasteiger partial charge in [0.2, 0.25) is 5.91 Å². The molecule has 1 fully saturated rings. The van der Waals surface area contributed by atoms with Crippen molar-refractivity contribution in [3.8, 4) is 0 Å². The number of hydrogen-bond donors (Lipinski definition) is 8. The predicted octanol–water partition coefficient (Wildman–Crippen LogP) is -2.29. The van der Waals surface area contributed by atoms with Crippen LogP contribution in [0.1, 0.15) is 32.6 Å². The molecule has 2 amide bonds. The van der Waals surface area contributed by atoms with E-state index >= 15 is 0 Å². The summed E-state index contributed by atoms with van der Waals surface area (Å²) in [5.41, 5.74) is 15.0. The molecule has 0 spiro atoms. The molecule has 0 aliphatic carbocycles. The van der Waals surface area contributed by atoms with Crippen LogP contribution in [-0.2, 0) is 14.2 Å². The van der Waals surface area contributed by atoms with Gasteiger partial charge in [-0.2, -0.15) is 0 Å². The van der Waals surface area contributed by atoms with Crippen LogP contribution in [0, 0.1) is 5.41 Å². The summed E-state index contributed by atoms with van der Waals surface area (Å²) in [5, 5.41) is 17.7. The Kier molecular flexibility index (Phi) is 9.00. The maximum absolute atomic E-state index is 12.7. The van der Waals surface area contributed by atoms with Gasteiger partial charge >= 0.3 is 0 Å². The van der Waals surface area contributed by atoms with Crippen LogP contribution in [-0.4, -0.2) is 54.8 Å². The van der Waals surface area contributed by atoms with Gasteiger partial charge in [0.05, 0.1) is 0 Å². The van der Waals surface area contributed by atoms with Crippen molar-refractivity contribution in [1.82, 2.24) is 21.0 Å². The molecular weight excluding hydrogens is 359 g/mol. The van der Waals surface area contributed by atoms with Gasteiger partial charge in [-0.15, -0.1) is 0 Å². The van der Waals surface area contributed by atoms with Crippen LogP contribution in [0.3, 0.4) is 0 Å². The molecule has 0 aromatic rings. The van der Waals surface area contributed by atoms with E-state index in [1.54, 1.807) is 0 Å². The molecule has 1 rings (SSSR count). The average molecular weight is 390 g/mol. The Morgan fingerprint density at radius 3 is 2.77 bits per heavy atom. The second kappa shape index (κ2) is 10.5. The first kappa shape index (κ1) is 22.4. The van der Waals surface area contributed by atoms with E-state index in [4.69, 9.17) is 22.6 Å². The minimum atomic E-state index is -2.68. The van der Waals surface area contributed by atoms with Crippen LogP contribution in [0.2, 0.25) is 0 Å². The number of carbonyl (C=O) groups is 2. The number of nitrogens with one attached hydrogen (secondary N) is 5. The summed E-state index contributed by atoms with van der Waals surface area (Å²) in [4.78, 5) is 24.5. The fraction of sp³-hybridized carbons (Fsp3) is 0.786. The fourth-order valence-electron chi connectivity index (χ4n) is 2.65. The molecule has 0 bridgehead atoms. The SMILES string of the molecule is CCCNC(=O)C(N)(CC(N)CNC(=N)N)N[PH](=O)[C@H]1CCCNC1=O. The van der Waals surface area contributed by atoms with Gasteiger partial charge in [-0.05, 0) is 19.3 Å². The highest BCUT2D eigenvalue weighted by atomic mass is 31.1. The molecule has 1 heterocycles. The number of carbonyl (C=O) groups excluding carboxylic acids is 2. The Morgan fingerprint density at radius 2 is 2.19 bits per heavy atom. The van der Waals surface area contributed by atoms with E-state index in [2.05, 4.69) is 21.0 Å². The molecule has 1 aliphatic heterocycles. The molecule has 11 nitrogen and oxygen atoms in total. The quantitative estimate of drug-likeness (QED) is 0.0881. The monoisotopic (exact) mass is 390 g/mol. The highest BCUT2D eigenvalue weighted by Gasteiger charge is 2.40. The molecule has 1 saturated heterocycles. The van der Waals surface area contributed by atoms with Crippen LogP contribution in [0.25, 0.3) is 0 Å². The van der Waals surface area contributed by atoms with Crippen molar-refractivity contribution in [2.24, 2.45) is 17.2 Å². The molecule has 3 unspecified atom stereocenters. The molecule has 0 aromatic heterocycles. The van der Waals surface area contributed by atoms with E-state index in [-0.39, 0.29) is 24.8 Å². The number of amides is 2. The Balaban J connectivity index is 2.84. The summed E-state index contributed by atoms with van der Waals surface area (Å²) in [6.45, 7) is 2.98. The lowest BCUT2D eigenvalue weighted by molar-refractivity contribution is -0.127. The smallest absolute Gasteiger partial charge is 0.255 e. The Bertz CT molecular complexity index is 546. The Hall–Kier alpha value is -1.68. The Labute approximate surface area is 153 Å². The molecular formula is C14H31N8O3P. The van der Waals surface area contributed by atoms with Crippen LogP contribution >= 0.6 is 7.95 Å². The number of piperidine rings is 1. The lowest BCUT2D eigenvalue weighted by Crippen LogP contribution is -2.65. The van der Waals surface area contributed by atoms with Gasteiger partial charge in [-0.3, -0.25) is 15.0 Å². The van der Waals surface area contributed by atoms with Crippen molar-refractivity contribution in [3.63, 3.8) is 0 Å². The zero-order valence-corrected chi connectivity index (χ0v) is 16.1. The van der Waals surface area contributed by atoms with Gasteiger partial charge in [-0.25, -0.2) is 5.09 Å². The van der Waals surface area contributed by atoms with Crippen LogP contribution in [0.4, 0.5) is 0 Å². The summed E-state index contributed by atoms with van der Waals surface area (Å²) in [6.07, 6.45) is 1.85. The number of rotatable bonds is 10. The molecule has 4 atom stereocenters. The topological polar surface area (TPSA) is 201 Å². The Morgan fingerprint density at radius 1 is 1.50 bits per heavy atom. The zero-order chi connectivity index (χ0) is 19.7. The van der Waals surface area contributed by atoms with E-state index in [1.165, 1.54) is 0 Å². The zero-order valence-electron chi connectivity index (χ0n) is 15.1. The molecule has 150 valence electrons. The van der Waals surface area contributed by atoms with Crippen LogP contribution in [0.15, 0.2) is 0 Å². The lowest BCUT2D eigenvalue weighted by atomic mass is 10.0. The summed E-state index contributed by atoms with van der Waals surface area (Å²) in [5.74, 6) is -1.09. The highest BCUT2D eigenvalue weighted by molar-refractivity contribution is 7.44. The van der Waals surface area contributed by atoms with Gasteiger partial charge in [0.1, 0.15) is 13.6 Å². The maximum atomic E-state index is 12.7. The van der Waals surface area contributed by atoms with Gasteiger partial charge in [0.15, 0.2) is 11.6 Å². The minimum Gasteiger partial charge on any atom is -0.370 e. The third kappa shape index (κ3) is 6.91. The van der Waals surface area contributed by atoms with Gasteiger partial charge in [0.25, 0.3) is 5.91 Å². The second-order valence-electron chi connectivity index (χ2n) is 6.46. The van der Waals surface area contributed by atoms with E-state index in [0.29, 0.717) is 25.9 Å². The number of guanidine groups is 1. The number of nitrogens with two attached hydrogens (primary N) is 3. The molecule has 26 heavy (non-hydrogen) atoms. The summed E-state index contributed by atoms with van der Waals surface area (Å²) >= 11 is 0. The third-order valence-corrected chi connectivity index (χ3v) is 5.90. The summed E-state index contributed by atoms with van der Waals surface area (Å²) in [6, 6.07) is -0.626. The van der Waals surface area contributed by atoms with Crippen molar-refractivity contribution in [2.75, 3.05) is 19.6 Å². The normalized spacial score (nSPS) is 21.8. The van der Waals surface area contributed by atoms with Crippen molar-refractivity contribution >= 4 is 25.7 Å². The van der Waals surface area contributed by atoms with Gasteiger partial charge in [-0.1, -0.05) is 6.92 Å². The maximum Gasteiger partial charge on any atom is 0.255 e. The minimum absolute atomic E-state index is 0.0480. The molecule has 0 saturated carbocycles. The molecule has 12 heteroatoms. The van der Waals surface area contributed by atoms with E-state index < -0.39 is 31.2 Å². The van der Waals surface area contributed by atoms with Gasteiger partial charge in [0, 0.05) is 32.1 Å². The van der Waals surface area contributed by atoms with E-state index in [0.717, 1.165) is 6.42 Å². The second-order valence-corrected chi connectivity index (χ2v) is 8.14. The molecule has 11 N–H and O–H groups in total. The third-order valence-electron chi connectivity index (χ3n) is 4.03. The first-order chi connectivity index (χ1) is 12.2. The van der Waals surface area contributed by atoms with Crippen molar-refractivity contribution in [3.05, 3.63) is 0 Å². The molecule has 0 radical (unpaired) electrons. The molecule has 0 aromatic carbocycles. The van der Waals surface area contributed by atoms with Crippen molar-refractivity contribution in [2.45, 2.75) is 50.0 Å². The first-order valence-corrected chi connectivity index (χ1v) is 10.2. The fourth-order valence-corrected chi connectivity index (χ4v) is 4.29. The van der Waals surface area contributed by atoms with Crippen molar-refractivity contribution in [1.29, 1.82) is 5.41 Å². The predicted molar refractivity (Wildman–Crippen MR) is 101 cm³/mol. The van der Waals surface area contributed by atoms with Gasteiger partial charge < -0.3 is 37.7 Å². The lowest BCUT2D eigenvalue weighted by Gasteiger charge is -2.33. The largest absolute Gasteiger partial charge is 0.370 e. The first-order valence-electron chi connectivity index (χ1n) is 8.70. The van der Waals surface area contributed by atoms with E-state index in [1.807, 2.05) is 6.92 Å². The van der Waals surface area contributed by atoms with Crippen LogP contribution < -0.4 is 38.2 Å². The molecule has 1 aliphatic rings.